The van der Waals surface area contributed by atoms with Gasteiger partial charge in [0, 0.05) is 34.6 Å². The van der Waals surface area contributed by atoms with E-state index in [0.29, 0.717) is 5.75 Å². The first-order chi connectivity index (χ1) is 13.9. The standard InChI is InChI=1S/C18H27ClO10S/c1-7-30-18(19)17(29-13(6)24)16(28-12(5)23)15(27-11(4)22)14(26-10(3)21)8-25-9(2)20/h14-18H,7-8H2,1-6H3/t14-,15-,16+,17-,18?/m1/s1. The number of carbonyl (C=O) groups is 5. The van der Waals surface area contributed by atoms with Crippen LogP contribution in [0.4, 0.5) is 0 Å². The molecule has 0 aliphatic carbocycles. The Kier molecular flexibility index (Phi) is 13.1. The van der Waals surface area contributed by atoms with Gasteiger partial charge in [-0.25, -0.2) is 0 Å². The van der Waals surface area contributed by atoms with E-state index in [2.05, 4.69) is 0 Å². The molecule has 0 saturated heterocycles. The molecule has 30 heavy (non-hydrogen) atoms. The summed E-state index contributed by atoms with van der Waals surface area (Å²) in [6, 6.07) is 0. The average Bonchev–Trinajstić information content (AvgIpc) is 2.59. The molecule has 0 fully saturated rings. The predicted octanol–water partition coefficient (Wildman–Crippen LogP) is 1.59. The van der Waals surface area contributed by atoms with E-state index in [1.54, 1.807) is 6.92 Å². The van der Waals surface area contributed by atoms with Crippen molar-refractivity contribution in [3.05, 3.63) is 0 Å². The second-order valence-electron chi connectivity index (χ2n) is 5.98. The molecule has 0 aliphatic rings. The fraction of sp³-hybridized carbons (Fsp3) is 0.722. The van der Waals surface area contributed by atoms with Crippen LogP contribution < -0.4 is 0 Å². The Hall–Kier alpha value is -2.01. The first-order valence-electron chi connectivity index (χ1n) is 8.96. The summed E-state index contributed by atoms with van der Waals surface area (Å²) in [6.07, 6.45) is -5.60. The van der Waals surface area contributed by atoms with E-state index < -0.39 is 65.6 Å². The molecular formula is C18H27ClO10S. The molecule has 12 heteroatoms. The van der Waals surface area contributed by atoms with Crippen molar-refractivity contribution in [2.24, 2.45) is 0 Å². The maximum atomic E-state index is 11.8. The lowest BCUT2D eigenvalue weighted by Gasteiger charge is -2.36. The Morgan fingerprint density at radius 2 is 1.13 bits per heavy atom. The van der Waals surface area contributed by atoms with Crippen LogP contribution in [-0.4, -0.2) is 71.3 Å². The molecule has 0 rings (SSSR count). The van der Waals surface area contributed by atoms with Crippen LogP contribution in [0.1, 0.15) is 41.5 Å². The zero-order valence-electron chi connectivity index (χ0n) is 17.7. The topological polar surface area (TPSA) is 132 Å². The number of alkyl halides is 1. The van der Waals surface area contributed by atoms with Crippen molar-refractivity contribution in [3.63, 3.8) is 0 Å². The molecule has 5 atom stereocenters. The third-order valence-corrected chi connectivity index (χ3v) is 4.82. The Morgan fingerprint density at radius 3 is 1.53 bits per heavy atom. The molecule has 0 amide bonds. The minimum Gasteiger partial charge on any atom is -0.462 e. The number of hydrogen-bond acceptors (Lipinski definition) is 11. The van der Waals surface area contributed by atoms with Crippen molar-refractivity contribution in [1.29, 1.82) is 0 Å². The fourth-order valence-corrected chi connectivity index (χ4v) is 3.67. The Balaban J connectivity index is 6.30. The Labute approximate surface area is 184 Å². The normalized spacial score (nSPS) is 15.6. The highest BCUT2D eigenvalue weighted by atomic mass is 35.5. The van der Waals surface area contributed by atoms with Crippen molar-refractivity contribution in [2.75, 3.05) is 12.4 Å². The minimum atomic E-state index is -1.49. The van der Waals surface area contributed by atoms with E-state index in [9.17, 15) is 24.0 Å². The van der Waals surface area contributed by atoms with Gasteiger partial charge in [-0.05, 0) is 5.75 Å². The summed E-state index contributed by atoms with van der Waals surface area (Å²) in [5.74, 6) is -3.28. The SMILES string of the molecule is CCSC(Cl)[C@H](OC(C)=O)[C@@H](OC(C)=O)[C@H](OC(C)=O)[C@@H](COC(C)=O)OC(C)=O. The molecular weight excluding hydrogens is 444 g/mol. The summed E-state index contributed by atoms with van der Waals surface area (Å²) >= 11 is 7.53. The summed E-state index contributed by atoms with van der Waals surface area (Å²) < 4.78 is 24.9. The van der Waals surface area contributed by atoms with Gasteiger partial charge in [0.1, 0.15) is 11.3 Å². The van der Waals surface area contributed by atoms with Gasteiger partial charge >= 0.3 is 29.8 Å². The summed E-state index contributed by atoms with van der Waals surface area (Å²) in [6.45, 7) is 6.81. The second kappa shape index (κ2) is 14.1. The molecule has 0 N–H and O–H groups in total. The zero-order valence-corrected chi connectivity index (χ0v) is 19.2. The van der Waals surface area contributed by atoms with E-state index in [-0.39, 0.29) is 0 Å². The molecule has 0 saturated carbocycles. The van der Waals surface area contributed by atoms with Gasteiger partial charge in [-0.1, -0.05) is 6.92 Å². The number of rotatable bonds is 12. The van der Waals surface area contributed by atoms with Gasteiger partial charge < -0.3 is 23.7 Å². The molecule has 0 aromatic carbocycles. The lowest BCUT2D eigenvalue weighted by molar-refractivity contribution is -0.201. The highest BCUT2D eigenvalue weighted by Gasteiger charge is 2.46. The van der Waals surface area contributed by atoms with Gasteiger partial charge in [-0.3, -0.25) is 24.0 Å². The molecule has 1 unspecified atom stereocenters. The monoisotopic (exact) mass is 470 g/mol. The number of ether oxygens (including phenoxy) is 5. The molecule has 0 aliphatic heterocycles. The second-order valence-corrected chi connectivity index (χ2v) is 8.13. The van der Waals surface area contributed by atoms with Crippen molar-refractivity contribution in [2.45, 2.75) is 70.7 Å². The maximum Gasteiger partial charge on any atom is 0.303 e. The molecule has 0 radical (unpaired) electrons. The number of carbonyl (C=O) groups excluding carboxylic acids is 5. The molecule has 0 aromatic rings. The Morgan fingerprint density at radius 1 is 0.700 bits per heavy atom. The third-order valence-electron chi connectivity index (χ3n) is 3.27. The minimum absolute atomic E-state index is 0.509. The largest absolute Gasteiger partial charge is 0.462 e. The maximum absolute atomic E-state index is 11.8. The van der Waals surface area contributed by atoms with Crippen molar-refractivity contribution < 1.29 is 47.7 Å². The molecule has 0 spiro atoms. The van der Waals surface area contributed by atoms with Crippen LogP contribution in [0.25, 0.3) is 0 Å². The average molecular weight is 471 g/mol. The molecule has 172 valence electrons. The highest BCUT2D eigenvalue weighted by Crippen LogP contribution is 2.29. The number of hydrogen-bond donors (Lipinski definition) is 0. The summed E-state index contributed by atoms with van der Waals surface area (Å²) in [5, 5.41) is 0. The van der Waals surface area contributed by atoms with Gasteiger partial charge in [0.15, 0.2) is 24.4 Å². The number of esters is 5. The first kappa shape index (κ1) is 28.0. The third kappa shape index (κ3) is 11.2. The van der Waals surface area contributed by atoms with Crippen molar-refractivity contribution in [1.82, 2.24) is 0 Å². The van der Waals surface area contributed by atoms with Crippen LogP contribution in [0.15, 0.2) is 0 Å². The lowest BCUT2D eigenvalue weighted by atomic mass is 10.0. The van der Waals surface area contributed by atoms with E-state index in [0.717, 1.165) is 34.6 Å². The van der Waals surface area contributed by atoms with E-state index in [1.165, 1.54) is 11.8 Å². The Bertz CT molecular complexity index is 626. The highest BCUT2D eigenvalue weighted by molar-refractivity contribution is 8.01. The molecule has 10 nitrogen and oxygen atoms in total. The van der Waals surface area contributed by atoms with Crippen LogP contribution in [0.3, 0.4) is 0 Å². The van der Waals surface area contributed by atoms with E-state index >= 15 is 0 Å². The lowest BCUT2D eigenvalue weighted by Crippen LogP contribution is -2.55. The summed E-state index contributed by atoms with van der Waals surface area (Å²) in [4.78, 5) is 58.0. The summed E-state index contributed by atoms with van der Waals surface area (Å²) in [5.41, 5.74) is 0. The van der Waals surface area contributed by atoms with Gasteiger partial charge in [-0.15, -0.1) is 23.4 Å². The van der Waals surface area contributed by atoms with Crippen LogP contribution in [0.2, 0.25) is 0 Å². The fourth-order valence-electron chi connectivity index (χ4n) is 2.38. The van der Waals surface area contributed by atoms with E-state index in [1.807, 2.05) is 0 Å². The molecule has 0 aromatic heterocycles. The number of halogens is 1. The van der Waals surface area contributed by atoms with Crippen molar-refractivity contribution >= 4 is 53.2 Å². The van der Waals surface area contributed by atoms with Gasteiger partial charge in [0.2, 0.25) is 0 Å². The van der Waals surface area contributed by atoms with Crippen LogP contribution in [-0.2, 0) is 47.7 Å². The van der Waals surface area contributed by atoms with Crippen LogP contribution in [0.5, 0.6) is 0 Å². The smallest absolute Gasteiger partial charge is 0.303 e. The molecule has 0 bridgehead atoms. The first-order valence-corrected chi connectivity index (χ1v) is 10.4. The van der Waals surface area contributed by atoms with E-state index in [4.69, 9.17) is 35.3 Å². The van der Waals surface area contributed by atoms with Gasteiger partial charge in [0.05, 0.1) is 0 Å². The van der Waals surface area contributed by atoms with Gasteiger partial charge in [0.25, 0.3) is 0 Å². The van der Waals surface area contributed by atoms with Crippen LogP contribution in [0, 0.1) is 0 Å². The molecule has 0 heterocycles. The summed E-state index contributed by atoms with van der Waals surface area (Å²) in [7, 11) is 0. The van der Waals surface area contributed by atoms with Crippen LogP contribution >= 0.6 is 23.4 Å². The predicted molar refractivity (Wildman–Crippen MR) is 107 cm³/mol. The van der Waals surface area contributed by atoms with Gasteiger partial charge in [-0.2, -0.15) is 0 Å². The van der Waals surface area contributed by atoms with Crippen molar-refractivity contribution in [3.8, 4) is 0 Å². The quantitative estimate of drug-likeness (QED) is 0.234. The number of thioether (sulfide) groups is 1. The zero-order chi connectivity index (χ0) is 23.4.